The summed E-state index contributed by atoms with van der Waals surface area (Å²) in [7, 11) is -3.34. The van der Waals surface area contributed by atoms with Crippen LogP contribution in [0.3, 0.4) is 0 Å². The maximum absolute atomic E-state index is 12.4. The molecule has 0 atom stereocenters. The fourth-order valence-electron chi connectivity index (χ4n) is 3.65. The molecule has 1 aliphatic heterocycles. The number of sulfonamides is 1. The van der Waals surface area contributed by atoms with Crippen LogP contribution in [-0.4, -0.2) is 34.6 Å². The number of hydrogen-bond acceptors (Lipinski definition) is 2. The summed E-state index contributed by atoms with van der Waals surface area (Å²) in [6.45, 7) is 4.12. The summed E-state index contributed by atoms with van der Waals surface area (Å²) >= 11 is 0. The van der Waals surface area contributed by atoms with Crippen LogP contribution in [0.4, 0.5) is 0 Å². The lowest BCUT2D eigenvalue weighted by Gasteiger charge is -2.23. The lowest BCUT2D eigenvalue weighted by molar-refractivity contribution is -0.904. The second kappa shape index (κ2) is 7.11. The molecule has 2 N–H and O–H groups in total. The van der Waals surface area contributed by atoms with Crippen molar-refractivity contribution in [2.24, 2.45) is 0 Å². The monoisotopic (exact) mass is 323 g/mol. The molecule has 22 heavy (non-hydrogen) atoms. The number of hydrogen-bond donors (Lipinski definition) is 2. The highest BCUT2D eigenvalue weighted by Gasteiger charge is 2.18. The third kappa shape index (κ3) is 3.89. The summed E-state index contributed by atoms with van der Waals surface area (Å²) in [5.41, 5.74) is 2.52. The molecule has 0 amide bonds. The molecule has 5 heteroatoms. The van der Waals surface area contributed by atoms with Crippen molar-refractivity contribution in [3.05, 3.63) is 29.3 Å². The minimum Gasteiger partial charge on any atom is -0.335 e. The first-order valence-electron chi connectivity index (χ1n) is 8.60. The minimum atomic E-state index is -3.34. The molecule has 4 nitrogen and oxygen atoms in total. The van der Waals surface area contributed by atoms with Gasteiger partial charge in [-0.05, 0) is 61.8 Å². The summed E-state index contributed by atoms with van der Waals surface area (Å²) in [5, 5.41) is 0. The molecule has 1 aromatic rings. The van der Waals surface area contributed by atoms with Crippen molar-refractivity contribution in [1.82, 2.24) is 4.72 Å². The Morgan fingerprint density at radius 1 is 1.00 bits per heavy atom. The van der Waals surface area contributed by atoms with Gasteiger partial charge in [-0.1, -0.05) is 6.07 Å². The van der Waals surface area contributed by atoms with Crippen molar-refractivity contribution in [2.75, 3.05) is 26.2 Å². The molecule has 3 rings (SSSR count). The van der Waals surface area contributed by atoms with Crippen molar-refractivity contribution in [3.8, 4) is 0 Å². The van der Waals surface area contributed by atoms with E-state index in [9.17, 15) is 8.42 Å². The molecule has 0 saturated carbocycles. The van der Waals surface area contributed by atoms with E-state index < -0.39 is 10.0 Å². The van der Waals surface area contributed by atoms with Gasteiger partial charge in [0.25, 0.3) is 0 Å². The summed E-state index contributed by atoms with van der Waals surface area (Å²) in [5.74, 6) is 0. The molecule has 1 fully saturated rings. The Morgan fingerprint density at radius 3 is 2.59 bits per heavy atom. The van der Waals surface area contributed by atoms with Crippen LogP contribution < -0.4 is 9.62 Å². The van der Waals surface area contributed by atoms with Crippen LogP contribution in [0, 0.1) is 0 Å². The quantitative estimate of drug-likeness (QED) is 0.765. The largest absolute Gasteiger partial charge is 0.335 e. The molecule has 1 heterocycles. The summed E-state index contributed by atoms with van der Waals surface area (Å²) in [4.78, 5) is 2.06. The van der Waals surface area contributed by atoms with Crippen LogP contribution in [0.5, 0.6) is 0 Å². The summed E-state index contributed by atoms with van der Waals surface area (Å²) in [6, 6.07) is 5.59. The summed E-state index contributed by atoms with van der Waals surface area (Å²) < 4.78 is 27.5. The number of quaternary nitrogens is 1. The van der Waals surface area contributed by atoms with Gasteiger partial charge in [-0.15, -0.1) is 0 Å². The number of benzene rings is 1. The van der Waals surface area contributed by atoms with Crippen LogP contribution in [-0.2, 0) is 22.9 Å². The standard InChI is InChI=1S/C17H26N2O2S/c20-22(21,17-9-8-15-6-4-7-16(15)14-17)18-10-5-13-19-11-2-1-3-12-19/h8-9,14,18H,1-7,10-13H2/p+1. The van der Waals surface area contributed by atoms with Crippen LogP contribution >= 0.6 is 0 Å². The Hall–Kier alpha value is -0.910. The van der Waals surface area contributed by atoms with E-state index in [0.717, 1.165) is 32.2 Å². The molecule has 0 unspecified atom stereocenters. The van der Waals surface area contributed by atoms with Gasteiger partial charge < -0.3 is 4.90 Å². The van der Waals surface area contributed by atoms with Gasteiger partial charge in [0.2, 0.25) is 10.0 Å². The summed E-state index contributed by atoms with van der Waals surface area (Å²) in [6.07, 6.45) is 8.14. The normalized spacial score (nSPS) is 19.3. The van der Waals surface area contributed by atoms with E-state index in [1.54, 1.807) is 11.0 Å². The van der Waals surface area contributed by atoms with E-state index in [1.165, 1.54) is 43.5 Å². The molecule has 1 aromatic carbocycles. The predicted octanol–water partition coefficient (Wildman–Crippen LogP) is 0.913. The molecule has 2 aliphatic rings. The van der Waals surface area contributed by atoms with Crippen molar-refractivity contribution in [3.63, 3.8) is 0 Å². The number of aryl methyl sites for hydroxylation is 2. The van der Waals surface area contributed by atoms with Gasteiger partial charge in [0, 0.05) is 13.0 Å². The topological polar surface area (TPSA) is 50.6 Å². The van der Waals surface area contributed by atoms with Crippen molar-refractivity contribution in [1.29, 1.82) is 0 Å². The van der Waals surface area contributed by atoms with E-state index >= 15 is 0 Å². The Kier molecular flexibility index (Phi) is 5.16. The molecule has 1 saturated heterocycles. The zero-order valence-corrected chi connectivity index (χ0v) is 14.1. The zero-order chi connectivity index (χ0) is 15.4. The van der Waals surface area contributed by atoms with Gasteiger partial charge in [-0.3, -0.25) is 0 Å². The first-order valence-corrected chi connectivity index (χ1v) is 10.1. The van der Waals surface area contributed by atoms with Gasteiger partial charge in [0.1, 0.15) is 0 Å². The van der Waals surface area contributed by atoms with E-state index in [1.807, 2.05) is 12.1 Å². The number of fused-ring (bicyclic) bond motifs is 1. The third-order valence-corrected chi connectivity index (χ3v) is 6.40. The van der Waals surface area contributed by atoms with Crippen molar-refractivity contribution >= 4 is 10.0 Å². The highest BCUT2D eigenvalue weighted by molar-refractivity contribution is 7.89. The van der Waals surface area contributed by atoms with E-state index in [4.69, 9.17) is 0 Å². The van der Waals surface area contributed by atoms with E-state index in [0.29, 0.717) is 11.4 Å². The Labute approximate surface area is 134 Å². The smallest absolute Gasteiger partial charge is 0.240 e. The highest BCUT2D eigenvalue weighted by Crippen LogP contribution is 2.24. The van der Waals surface area contributed by atoms with Crippen molar-refractivity contribution in [2.45, 2.75) is 49.8 Å². The molecule has 0 aromatic heterocycles. The first-order chi connectivity index (χ1) is 10.6. The Morgan fingerprint density at radius 2 is 1.77 bits per heavy atom. The lowest BCUT2D eigenvalue weighted by atomic mass is 10.1. The molecule has 122 valence electrons. The van der Waals surface area contributed by atoms with Crippen LogP contribution in [0.2, 0.25) is 0 Å². The van der Waals surface area contributed by atoms with Crippen LogP contribution in [0.1, 0.15) is 43.2 Å². The maximum atomic E-state index is 12.4. The average molecular weight is 323 g/mol. The van der Waals surface area contributed by atoms with Crippen LogP contribution in [0.25, 0.3) is 0 Å². The Bertz CT molecular complexity index is 607. The highest BCUT2D eigenvalue weighted by atomic mass is 32.2. The van der Waals surface area contributed by atoms with Gasteiger partial charge in [-0.2, -0.15) is 0 Å². The number of nitrogens with one attached hydrogen (secondary N) is 2. The van der Waals surface area contributed by atoms with Crippen molar-refractivity contribution < 1.29 is 13.3 Å². The molecule has 0 radical (unpaired) electrons. The van der Waals surface area contributed by atoms with Gasteiger partial charge in [0.15, 0.2) is 0 Å². The molecule has 0 spiro atoms. The minimum absolute atomic E-state index is 0.429. The fraction of sp³-hybridized carbons (Fsp3) is 0.647. The molecular weight excluding hydrogens is 296 g/mol. The number of rotatable bonds is 6. The molecule has 0 bridgehead atoms. The molecular formula is C17H27N2O2S+. The van der Waals surface area contributed by atoms with Gasteiger partial charge in [0.05, 0.1) is 24.5 Å². The van der Waals surface area contributed by atoms with E-state index in [-0.39, 0.29) is 0 Å². The third-order valence-electron chi connectivity index (χ3n) is 4.94. The van der Waals surface area contributed by atoms with E-state index in [2.05, 4.69) is 4.72 Å². The SMILES string of the molecule is O=S(=O)(NCCC[NH+]1CCCCC1)c1ccc2c(c1)CCC2. The van der Waals surface area contributed by atoms with Gasteiger partial charge in [-0.25, -0.2) is 13.1 Å². The predicted molar refractivity (Wildman–Crippen MR) is 87.7 cm³/mol. The van der Waals surface area contributed by atoms with Gasteiger partial charge >= 0.3 is 0 Å². The average Bonchev–Trinajstić information content (AvgIpc) is 3.00. The molecule has 1 aliphatic carbocycles. The van der Waals surface area contributed by atoms with Crippen LogP contribution in [0.15, 0.2) is 23.1 Å². The lowest BCUT2D eigenvalue weighted by Crippen LogP contribution is -3.12. The second-order valence-corrected chi connectivity index (χ2v) is 8.36. The maximum Gasteiger partial charge on any atom is 0.240 e. The Balaban J connectivity index is 1.50. The fourth-order valence-corrected chi connectivity index (χ4v) is 4.77. The zero-order valence-electron chi connectivity index (χ0n) is 13.2. The number of likely N-dealkylation sites (tertiary alicyclic amines) is 1. The number of piperidine rings is 1. The first kappa shape index (κ1) is 16.0. The second-order valence-electron chi connectivity index (χ2n) is 6.60.